The zero-order chi connectivity index (χ0) is 20.8. The molecule has 1 heterocycles. The Hall–Kier alpha value is -2.17. The van der Waals surface area contributed by atoms with E-state index in [4.69, 9.17) is 0 Å². The maximum atomic E-state index is 13.4. The van der Waals surface area contributed by atoms with Gasteiger partial charge in [-0.15, -0.1) is 0 Å². The normalized spacial score (nSPS) is 20.6. The number of carbonyl (C=O) groups is 1. The van der Waals surface area contributed by atoms with E-state index in [1.807, 2.05) is 18.2 Å². The minimum absolute atomic E-state index is 0.00893. The van der Waals surface area contributed by atoms with Gasteiger partial charge in [-0.1, -0.05) is 73.9 Å². The molecule has 4 nitrogen and oxygen atoms in total. The first-order chi connectivity index (χ1) is 14.8. The summed E-state index contributed by atoms with van der Waals surface area (Å²) in [4.78, 5) is 15.5. The van der Waals surface area contributed by atoms with Crippen LogP contribution in [0.3, 0.4) is 0 Å². The van der Waals surface area contributed by atoms with Gasteiger partial charge >= 0.3 is 0 Å². The minimum atomic E-state index is -0.00893. The topological polar surface area (TPSA) is 52.6 Å². The third-order valence-corrected chi connectivity index (χ3v) is 6.87. The van der Waals surface area contributed by atoms with Gasteiger partial charge in [0.05, 0.1) is 12.6 Å². The Balaban J connectivity index is 1.50. The second-order valence-electron chi connectivity index (χ2n) is 8.74. The molecular formula is C26H34N2O2. The molecular weight excluding hydrogens is 372 g/mol. The van der Waals surface area contributed by atoms with Gasteiger partial charge in [-0.25, -0.2) is 0 Å². The van der Waals surface area contributed by atoms with Crippen LogP contribution in [0.2, 0.25) is 0 Å². The van der Waals surface area contributed by atoms with Crippen LogP contribution >= 0.6 is 0 Å². The van der Waals surface area contributed by atoms with Crippen molar-refractivity contribution in [2.45, 2.75) is 57.0 Å². The summed E-state index contributed by atoms with van der Waals surface area (Å²) in [5.41, 5.74) is 3.89. The molecule has 0 spiro atoms. The fourth-order valence-electron chi connectivity index (χ4n) is 5.35. The Labute approximate surface area is 180 Å². The largest absolute Gasteiger partial charge is 0.396 e. The quantitative estimate of drug-likeness (QED) is 0.716. The van der Waals surface area contributed by atoms with Crippen molar-refractivity contribution < 1.29 is 9.90 Å². The third kappa shape index (κ3) is 4.76. The van der Waals surface area contributed by atoms with Crippen molar-refractivity contribution in [3.8, 4) is 0 Å². The van der Waals surface area contributed by atoms with Crippen LogP contribution in [0.4, 0.5) is 0 Å². The molecule has 2 unspecified atom stereocenters. The van der Waals surface area contributed by atoms with Gasteiger partial charge in [0, 0.05) is 19.2 Å². The Morgan fingerprint density at radius 2 is 1.77 bits per heavy atom. The van der Waals surface area contributed by atoms with Gasteiger partial charge in [-0.3, -0.25) is 4.79 Å². The van der Waals surface area contributed by atoms with E-state index < -0.39 is 0 Å². The lowest BCUT2D eigenvalue weighted by Gasteiger charge is -2.43. The Bertz CT molecular complexity index is 817. The number of nitrogens with zero attached hydrogens (tertiary/aromatic N) is 1. The molecule has 0 saturated heterocycles. The molecule has 2 N–H and O–H groups in total. The molecule has 160 valence electrons. The second-order valence-corrected chi connectivity index (χ2v) is 8.74. The number of carbonyl (C=O) groups excluding carboxylic acids is 1. The van der Waals surface area contributed by atoms with Crippen molar-refractivity contribution in [2.75, 3.05) is 19.7 Å². The average Bonchev–Trinajstić information content (AvgIpc) is 2.82. The Morgan fingerprint density at radius 1 is 1.03 bits per heavy atom. The number of aliphatic hydroxyl groups is 1. The van der Waals surface area contributed by atoms with Crippen LogP contribution < -0.4 is 5.32 Å². The van der Waals surface area contributed by atoms with E-state index in [2.05, 4.69) is 46.6 Å². The maximum Gasteiger partial charge on any atom is 0.237 e. The second kappa shape index (κ2) is 10.2. The van der Waals surface area contributed by atoms with Crippen LogP contribution in [-0.2, 0) is 11.2 Å². The van der Waals surface area contributed by atoms with E-state index >= 15 is 0 Å². The first-order valence-corrected chi connectivity index (χ1v) is 11.5. The molecule has 1 fully saturated rings. The number of fused-ring (bicyclic) bond motifs is 1. The van der Waals surface area contributed by atoms with Crippen molar-refractivity contribution in [3.05, 3.63) is 71.3 Å². The lowest BCUT2D eigenvalue weighted by atomic mass is 9.77. The van der Waals surface area contributed by atoms with Gasteiger partial charge in [-0.2, -0.15) is 0 Å². The predicted molar refractivity (Wildman–Crippen MR) is 120 cm³/mol. The van der Waals surface area contributed by atoms with Crippen LogP contribution in [0.5, 0.6) is 0 Å². The van der Waals surface area contributed by atoms with Crippen LogP contribution in [0, 0.1) is 5.92 Å². The summed E-state index contributed by atoms with van der Waals surface area (Å²) in [6.45, 7) is 1.21. The molecule has 30 heavy (non-hydrogen) atoms. The van der Waals surface area contributed by atoms with Gasteiger partial charge in [0.1, 0.15) is 0 Å². The molecule has 0 bridgehead atoms. The Morgan fingerprint density at radius 3 is 2.53 bits per heavy atom. The smallest absolute Gasteiger partial charge is 0.237 e. The molecule has 2 aromatic rings. The van der Waals surface area contributed by atoms with Crippen molar-refractivity contribution in [3.63, 3.8) is 0 Å². The van der Waals surface area contributed by atoms with Crippen molar-refractivity contribution in [2.24, 2.45) is 5.92 Å². The van der Waals surface area contributed by atoms with Crippen LogP contribution in [0.25, 0.3) is 0 Å². The van der Waals surface area contributed by atoms with E-state index in [1.165, 1.54) is 43.2 Å². The molecule has 0 aromatic heterocycles. The SMILES string of the molecule is O=C(CNC(CCO)c1ccccc1)N1CCc2ccccc2C1C1CCCCC1. The van der Waals surface area contributed by atoms with Gasteiger partial charge in [0.2, 0.25) is 5.91 Å². The fraction of sp³-hybridized carbons (Fsp3) is 0.500. The zero-order valence-corrected chi connectivity index (χ0v) is 17.8. The molecule has 1 amide bonds. The standard InChI is InChI=1S/C26H34N2O2/c29-18-16-24(21-10-3-1-4-11-21)27-19-25(30)28-17-15-20-9-7-8-14-23(20)26(28)22-12-5-2-6-13-22/h1,3-4,7-11,14,22,24,26-27,29H,2,5-6,12-13,15-19H2. The lowest BCUT2D eigenvalue weighted by molar-refractivity contribution is -0.135. The molecule has 1 aliphatic carbocycles. The molecule has 2 aromatic carbocycles. The predicted octanol–water partition coefficient (Wildman–Crippen LogP) is 4.41. The molecule has 1 aliphatic heterocycles. The summed E-state index contributed by atoms with van der Waals surface area (Å²) in [6, 6.07) is 19.0. The zero-order valence-electron chi connectivity index (χ0n) is 17.8. The van der Waals surface area contributed by atoms with Crippen molar-refractivity contribution in [1.29, 1.82) is 0 Å². The number of amides is 1. The maximum absolute atomic E-state index is 13.4. The van der Waals surface area contributed by atoms with E-state index in [0.717, 1.165) is 18.5 Å². The number of hydrogen-bond donors (Lipinski definition) is 2. The van der Waals surface area contributed by atoms with E-state index in [-0.39, 0.29) is 24.6 Å². The van der Waals surface area contributed by atoms with Gasteiger partial charge in [-0.05, 0) is 48.3 Å². The van der Waals surface area contributed by atoms with Gasteiger partial charge in [0.15, 0.2) is 0 Å². The Kier molecular flexibility index (Phi) is 7.19. The molecule has 0 radical (unpaired) electrons. The summed E-state index contributed by atoms with van der Waals surface area (Å²) < 4.78 is 0. The number of rotatable bonds is 7. The number of aliphatic hydroxyl groups excluding tert-OH is 1. The monoisotopic (exact) mass is 406 g/mol. The summed E-state index contributed by atoms with van der Waals surface area (Å²) in [7, 11) is 0. The highest BCUT2D eigenvalue weighted by molar-refractivity contribution is 5.79. The van der Waals surface area contributed by atoms with Gasteiger partial charge < -0.3 is 15.3 Å². The van der Waals surface area contributed by atoms with E-state index in [0.29, 0.717) is 18.9 Å². The van der Waals surface area contributed by atoms with Crippen LogP contribution in [-0.4, -0.2) is 35.6 Å². The molecule has 1 saturated carbocycles. The van der Waals surface area contributed by atoms with Gasteiger partial charge in [0.25, 0.3) is 0 Å². The number of hydrogen-bond acceptors (Lipinski definition) is 3. The highest BCUT2D eigenvalue weighted by atomic mass is 16.3. The molecule has 4 heteroatoms. The summed E-state index contributed by atoms with van der Waals surface area (Å²) >= 11 is 0. The number of nitrogens with one attached hydrogen (secondary N) is 1. The van der Waals surface area contributed by atoms with E-state index in [9.17, 15) is 9.90 Å². The summed E-state index contributed by atoms with van der Waals surface area (Å²) in [5.74, 6) is 0.741. The first kappa shape index (κ1) is 21.1. The third-order valence-electron chi connectivity index (χ3n) is 6.87. The van der Waals surface area contributed by atoms with Crippen molar-refractivity contribution >= 4 is 5.91 Å². The highest BCUT2D eigenvalue weighted by Gasteiger charge is 2.36. The van der Waals surface area contributed by atoms with E-state index in [1.54, 1.807) is 0 Å². The average molecular weight is 407 g/mol. The summed E-state index contributed by atoms with van der Waals surface area (Å²) in [6.07, 6.45) is 7.84. The molecule has 2 atom stereocenters. The summed E-state index contributed by atoms with van der Waals surface area (Å²) in [5, 5.41) is 12.9. The highest BCUT2D eigenvalue weighted by Crippen LogP contribution is 2.41. The van der Waals surface area contributed by atoms with Crippen LogP contribution in [0.1, 0.15) is 67.3 Å². The minimum Gasteiger partial charge on any atom is -0.396 e. The molecule has 4 rings (SSSR count). The first-order valence-electron chi connectivity index (χ1n) is 11.5. The number of benzene rings is 2. The lowest BCUT2D eigenvalue weighted by Crippen LogP contribution is -2.47. The fourth-order valence-corrected chi connectivity index (χ4v) is 5.35. The van der Waals surface area contributed by atoms with Crippen molar-refractivity contribution in [1.82, 2.24) is 10.2 Å². The van der Waals surface area contributed by atoms with Crippen LogP contribution in [0.15, 0.2) is 54.6 Å². The molecule has 2 aliphatic rings.